The molecule has 8 heteroatoms. The molecule has 0 fully saturated rings. The molecule has 30 heavy (non-hydrogen) atoms. The number of para-hydroxylation sites is 1. The van der Waals surface area contributed by atoms with Gasteiger partial charge in [0.2, 0.25) is 0 Å². The second-order valence-corrected chi connectivity index (χ2v) is 7.76. The minimum Gasteiger partial charge on any atom is -0.316 e. The minimum atomic E-state index is -0.843. The Morgan fingerprint density at radius 3 is 2.53 bits per heavy atom. The van der Waals surface area contributed by atoms with Crippen molar-refractivity contribution in [2.75, 3.05) is 5.32 Å². The average molecular weight is 424 g/mol. The lowest BCUT2D eigenvalue weighted by molar-refractivity contribution is 0.102. The van der Waals surface area contributed by atoms with Crippen LogP contribution in [-0.2, 0) is 7.05 Å². The van der Waals surface area contributed by atoms with E-state index in [2.05, 4.69) is 15.4 Å². The van der Waals surface area contributed by atoms with Gasteiger partial charge in [-0.2, -0.15) is 5.10 Å². The first-order chi connectivity index (χ1) is 14.4. The molecule has 152 valence electrons. The Hall–Kier alpha value is -3.39. The van der Waals surface area contributed by atoms with Gasteiger partial charge in [-0.3, -0.25) is 9.48 Å². The maximum absolute atomic E-state index is 13.9. The van der Waals surface area contributed by atoms with Crippen LogP contribution in [0.5, 0.6) is 0 Å². The number of amides is 1. The Labute approximate surface area is 176 Å². The van der Waals surface area contributed by atoms with Crippen molar-refractivity contribution in [1.82, 2.24) is 14.8 Å². The Balaban J connectivity index is 1.75. The summed E-state index contributed by atoms with van der Waals surface area (Å²) in [5.41, 5.74) is 3.87. The van der Waals surface area contributed by atoms with Gasteiger partial charge in [0.15, 0.2) is 5.69 Å². The first-order valence-electron chi connectivity index (χ1n) is 9.16. The quantitative estimate of drug-likeness (QED) is 0.480. The molecule has 0 bridgehead atoms. The van der Waals surface area contributed by atoms with Gasteiger partial charge in [0, 0.05) is 35.3 Å². The molecule has 0 unspecified atom stereocenters. The third kappa shape index (κ3) is 3.50. The van der Waals surface area contributed by atoms with E-state index in [9.17, 15) is 13.6 Å². The largest absolute Gasteiger partial charge is 0.316 e. The number of anilines is 1. The molecule has 0 aliphatic rings. The predicted molar refractivity (Wildman–Crippen MR) is 114 cm³/mol. The number of nitrogens with one attached hydrogen (secondary N) is 1. The van der Waals surface area contributed by atoms with E-state index in [-0.39, 0.29) is 5.69 Å². The Morgan fingerprint density at radius 1 is 1.13 bits per heavy atom. The molecule has 0 radical (unpaired) electrons. The summed E-state index contributed by atoms with van der Waals surface area (Å²) in [5.74, 6) is -2.36. The van der Waals surface area contributed by atoms with E-state index in [1.807, 2.05) is 30.5 Å². The summed E-state index contributed by atoms with van der Waals surface area (Å²) in [4.78, 5) is 17.1. The molecule has 0 spiro atoms. The van der Waals surface area contributed by atoms with Crippen molar-refractivity contribution in [3.05, 3.63) is 76.4 Å². The number of hydrogen-bond donors (Lipinski definition) is 1. The van der Waals surface area contributed by atoms with Crippen LogP contribution in [0.15, 0.2) is 48.0 Å². The lowest BCUT2D eigenvalue weighted by Crippen LogP contribution is -2.16. The first-order valence-corrected chi connectivity index (χ1v) is 10.0. The Morgan fingerprint density at radius 2 is 1.87 bits per heavy atom. The van der Waals surface area contributed by atoms with Gasteiger partial charge >= 0.3 is 0 Å². The highest BCUT2D eigenvalue weighted by molar-refractivity contribution is 7.13. The van der Waals surface area contributed by atoms with Crippen LogP contribution in [0.2, 0.25) is 0 Å². The Bertz CT molecular complexity index is 1230. The van der Waals surface area contributed by atoms with Crippen LogP contribution in [0, 0.1) is 25.5 Å². The molecule has 4 aromatic rings. The summed E-state index contributed by atoms with van der Waals surface area (Å²) in [6.07, 6.45) is 1.75. The average Bonchev–Trinajstić information content (AvgIpc) is 3.34. The van der Waals surface area contributed by atoms with E-state index in [0.717, 1.165) is 39.5 Å². The highest BCUT2D eigenvalue weighted by atomic mass is 32.1. The highest BCUT2D eigenvalue weighted by Crippen LogP contribution is 2.33. The molecule has 0 saturated carbocycles. The van der Waals surface area contributed by atoms with Crippen molar-refractivity contribution in [1.29, 1.82) is 0 Å². The monoisotopic (exact) mass is 424 g/mol. The van der Waals surface area contributed by atoms with E-state index in [1.54, 1.807) is 24.9 Å². The summed E-state index contributed by atoms with van der Waals surface area (Å²) in [5, 5.41) is 9.43. The zero-order valence-electron chi connectivity index (χ0n) is 16.5. The highest BCUT2D eigenvalue weighted by Gasteiger charge is 2.23. The molecule has 2 aromatic heterocycles. The number of thiazole rings is 1. The van der Waals surface area contributed by atoms with Crippen molar-refractivity contribution < 1.29 is 13.6 Å². The van der Waals surface area contributed by atoms with Crippen LogP contribution in [0.1, 0.15) is 21.6 Å². The van der Waals surface area contributed by atoms with E-state index >= 15 is 0 Å². The number of benzene rings is 2. The van der Waals surface area contributed by atoms with Gasteiger partial charge in [0.1, 0.15) is 22.3 Å². The summed E-state index contributed by atoms with van der Waals surface area (Å²) in [6.45, 7) is 3.74. The fourth-order valence-electron chi connectivity index (χ4n) is 3.39. The van der Waals surface area contributed by atoms with Crippen LogP contribution in [-0.4, -0.2) is 20.7 Å². The first kappa shape index (κ1) is 19.9. The van der Waals surface area contributed by atoms with Crippen molar-refractivity contribution in [3.63, 3.8) is 0 Å². The number of nitrogens with zero attached hydrogens (tertiary/aromatic N) is 3. The Kier molecular flexibility index (Phi) is 5.17. The zero-order valence-corrected chi connectivity index (χ0v) is 17.3. The molecule has 0 atom stereocenters. The minimum absolute atomic E-state index is 0.106. The fourth-order valence-corrected chi connectivity index (χ4v) is 4.02. The molecular weight excluding hydrogens is 406 g/mol. The van der Waals surface area contributed by atoms with Crippen LogP contribution in [0.25, 0.3) is 21.8 Å². The van der Waals surface area contributed by atoms with Gasteiger partial charge in [-0.15, -0.1) is 11.3 Å². The van der Waals surface area contributed by atoms with E-state index < -0.39 is 23.2 Å². The maximum Gasteiger partial charge on any atom is 0.276 e. The number of halogens is 2. The number of hydrogen-bond acceptors (Lipinski definition) is 4. The lowest BCUT2D eigenvalue weighted by atomic mass is 9.99. The van der Waals surface area contributed by atoms with Gasteiger partial charge in [0.05, 0.1) is 5.69 Å². The normalized spacial score (nSPS) is 11.0. The third-order valence-electron chi connectivity index (χ3n) is 4.87. The molecule has 0 aliphatic heterocycles. The summed E-state index contributed by atoms with van der Waals surface area (Å²) in [7, 11) is 1.73. The second kappa shape index (κ2) is 7.79. The SMILES string of the molecule is Cc1ccc(-c2nccs2)cc1-c1c(C)c(C(=O)Nc2c(F)cccc2F)nn1C. The smallest absolute Gasteiger partial charge is 0.276 e. The number of carbonyl (C=O) groups excluding carboxylic acids is 1. The molecular formula is C22H18F2N4OS. The standard InChI is InChI=1S/C22H18F2N4OS/c1-12-7-8-14(22-25-9-10-30-22)11-15(12)20-13(2)18(27-28(20)3)21(29)26-19-16(23)5-4-6-17(19)24/h4-11H,1-3H3,(H,26,29). The predicted octanol–water partition coefficient (Wildman–Crippen LogP) is 5.36. The van der Waals surface area contributed by atoms with E-state index in [4.69, 9.17) is 0 Å². The second-order valence-electron chi connectivity index (χ2n) is 6.86. The number of aromatic nitrogens is 3. The van der Waals surface area contributed by atoms with Gasteiger partial charge in [-0.25, -0.2) is 13.8 Å². The van der Waals surface area contributed by atoms with Gasteiger partial charge in [-0.1, -0.05) is 18.2 Å². The number of rotatable bonds is 4. The number of carbonyl (C=O) groups is 1. The molecule has 1 amide bonds. The van der Waals surface area contributed by atoms with E-state index in [1.165, 1.54) is 17.4 Å². The summed E-state index contributed by atoms with van der Waals surface area (Å²) < 4.78 is 29.5. The summed E-state index contributed by atoms with van der Waals surface area (Å²) >= 11 is 1.54. The van der Waals surface area contributed by atoms with Crippen molar-refractivity contribution in [2.45, 2.75) is 13.8 Å². The molecule has 4 rings (SSSR count). The van der Waals surface area contributed by atoms with Crippen molar-refractivity contribution in [3.8, 4) is 21.8 Å². The zero-order chi connectivity index (χ0) is 21.4. The van der Waals surface area contributed by atoms with Crippen LogP contribution in [0.4, 0.5) is 14.5 Å². The molecule has 0 aliphatic carbocycles. The maximum atomic E-state index is 13.9. The van der Waals surface area contributed by atoms with Gasteiger partial charge in [-0.05, 0) is 37.6 Å². The topological polar surface area (TPSA) is 59.8 Å². The van der Waals surface area contributed by atoms with Crippen molar-refractivity contribution >= 4 is 22.9 Å². The van der Waals surface area contributed by atoms with Gasteiger partial charge in [0.25, 0.3) is 5.91 Å². The molecule has 2 aromatic carbocycles. The van der Waals surface area contributed by atoms with E-state index in [0.29, 0.717) is 5.56 Å². The molecule has 1 N–H and O–H groups in total. The fraction of sp³-hybridized carbons (Fsp3) is 0.136. The molecule has 2 heterocycles. The third-order valence-corrected chi connectivity index (χ3v) is 5.69. The van der Waals surface area contributed by atoms with Crippen LogP contribution in [0.3, 0.4) is 0 Å². The van der Waals surface area contributed by atoms with Crippen LogP contribution < -0.4 is 5.32 Å². The van der Waals surface area contributed by atoms with Crippen molar-refractivity contribution in [2.24, 2.45) is 7.05 Å². The summed E-state index contributed by atoms with van der Waals surface area (Å²) in [6, 6.07) is 9.41. The molecule has 0 saturated heterocycles. The number of aryl methyl sites for hydroxylation is 2. The van der Waals surface area contributed by atoms with Crippen LogP contribution >= 0.6 is 11.3 Å². The lowest BCUT2D eigenvalue weighted by Gasteiger charge is -2.10. The molecule has 5 nitrogen and oxygen atoms in total. The van der Waals surface area contributed by atoms with Gasteiger partial charge < -0.3 is 5.32 Å².